The third kappa shape index (κ3) is 2.71. The van der Waals surface area contributed by atoms with Crippen LogP contribution in [0.2, 0.25) is 0 Å². The van der Waals surface area contributed by atoms with Crippen LogP contribution in [-0.4, -0.2) is 24.3 Å². The van der Waals surface area contributed by atoms with E-state index >= 15 is 0 Å². The van der Waals surface area contributed by atoms with E-state index in [2.05, 4.69) is 19.2 Å². The van der Waals surface area contributed by atoms with E-state index in [1.165, 1.54) is 19.3 Å². The molecule has 2 nitrogen and oxygen atoms in total. The Hall–Kier alpha value is -0.0800. The highest BCUT2D eigenvalue weighted by atomic mass is 16.3. The summed E-state index contributed by atoms with van der Waals surface area (Å²) in [5.41, 5.74) is -0.525. The van der Waals surface area contributed by atoms with Crippen LogP contribution in [-0.2, 0) is 0 Å². The highest BCUT2D eigenvalue weighted by molar-refractivity contribution is 4.88. The van der Waals surface area contributed by atoms with Crippen molar-refractivity contribution in [2.75, 3.05) is 13.6 Å². The molecule has 4 unspecified atom stereocenters. The Kier molecular flexibility index (Phi) is 3.96. The van der Waals surface area contributed by atoms with E-state index in [9.17, 15) is 5.11 Å². The van der Waals surface area contributed by atoms with Crippen LogP contribution in [0.15, 0.2) is 0 Å². The second kappa shape index (κ2) is 4.63. The molecule has 0 aromatic heterocycles. The molecule has 0 saturated heterocycles. The maximum atomic E-state index is 10.3. The van der Waals surface area contributed by atoms with Crippen molar-refractivity contribution < 1.29 is 5.11 Å². The van der Waals surface area contributed by atoms with Gasteiger partial charge in [-0.05, 0) is 44.6 Å². The lowest BCUT2D eigenvalue weighted by Crippen LogP contribution is -2.45. The molecule has 4 atom stereocenters. The third-order valence-corrected chi connectivity index (χ3v) is 4.01. The molecule has 14 heavy (non-hydrogen) atoms. The number of rotatable bonds is 3. The van der Waals surface area contributed by atoms with Gasteiger partial charge < -0.3 is 10.4 Å². The van der Waals surface area contributed by atoms with Gasteiger partial charge in [-0.1, -0.05) is 20.3 Å². The molecule has 2 N–H and O–H groups in total. The van der Waals surface area contributed by atoms with E-state index in [4.69, 9.17) is 0 Å². The van der Waals surface area contributed by atoms with Gasteiger partial charge in [-0.2, -0.15) is 0 Å². The van der Waals surface area contributed by atoms with Crippen LogP contribution in [0.5, 0.6) is 0 Å². The highest BCUT2D eigenvalue weighted by Crippen LogP contribution is 2.38. The first-order valence-electron chi connectivity index (χ1n) is 5.84. The van der Waals surface area contributed by atoms with Crippen LogP contribution in [0, 0.1) is 17.8 Å². The minimum Gasteiger partial charge on any atom is -0.389 e. The molecule has 0 aromatic carbocycles. The van der Waals surface area contributed by atoms with Crippen LogP contribution in [0.4, 0.5) is 0 Å². The van der Waals surface area contributed by atoms with Crippen LogP contribution >= 0.6 is 0 Å². The van der Waals surface area contributed by atoms with Crippen molar-refractivity contribution in [1.82, 2.24) is 5.32 Å². The lowest BCUT2D eigenvalue weighted by molar-refractivity contribution is -0.0293. The van der Waals surface area contributed by atoms with Gasteiger partial charge in [0.05, 0.1) is 5.60 Å². The summed E-state index contributed by atoms with van der Waals surface area (Å²) < 4.78 is 0. The van der Waals surface area contributed by atoms with Gasteiger partial charge in [-0.25, -0.2) is 0 Å². The fourth-order valence-electron chi connectivity index (χ4n) is 2.61. The molecule has 84 valence electrons. The summed E-state index contributed by atoms with van der Waals surface area (Å²) in [5, 5.41) is 13.4. The Labute approximate surface area is 88.1 Å². The van der Waals surface area contributed by atoms with E-state index < -0.39 is 5.60 Å². The maximum absolute atomic E-state index is 10.3. The molecule has 0 spiro atoms. The van der Waals surface area contributed by atoms with Gasteiger partial charge in [0.2, 0.25) is 0 Å². The van der Waals surface area contributed by atoms with Gasteiger partial charge in [-0.15, -0.1) is 0 Å². The van der Waals surface area contributed by atoms with Crippen LogP contribution in [0.3, 0.4) is 0 Å². The van der Waals surface area contributed by atoms with Crippen molar-refractivity contribution in [3.05, 3.63) is 0 Å². The fraction of sp³-hybridized carbons (Fsp3) is 1.00. The Balaban J connectivity index is 2.53. The number of nitrogens with one attached hydrogen (secondary N) is 1. The van der Waals surface area contributed by atoms with E-state index in [1.807, 2.05) is 14.0 Å². The lowest BCUT2D eigenvalue weighted by atomic mass is 9.70. The first-order chi connectivity index (χ1) is 6.47. The molecule has 0 radical (unpaired) electrons. The molecule has 2 heteroatoms. The van der Waals surface area contributed by atoms with Crippen molar-refractivity contribution >= 4 is 0 Å². The van der Waals surface area contributed by atoms with Gasteiger partial charge >= 0.3 is 0 Å². The number of hydrogen-bond donors (Lipinski definition) is 2. The van der Waals surface area contributed by atoms with Crippen molar-refractivity contribution in [2.24, 2.45) is 17.8 Å². The van der Waals surface area contributed by atoms with Crippen LogP contribution in [0.25, 0.3) is 0 Å². The minimum absolute atomic E-state index is 0.473. The zero-order chi connectivity index (χ0) is 10.8. The average molecular weight is 199 g/mol. The summed E-state index contributed by atoms with van der Waals surface area (Å²) in [6.45, 7) is 7.32. The van der Waals surface area contributed by atoms with Crippen LogP contribution < -0.4 is 5.32 Å². The molecule has 0 heterocycles. The molecule has 0 aromatic rings. The lowest BCUT2D eigenvalue weighted by Gasteiger charge is -2.40. The normalized spacial score (nSPS) is 37.9. The minimum atomic E-state index is -0.525. The topological polar surface area (TPSA) is 32.3 Å². The molecular formula is C12H25NO. The quantitative estimate of drug-likeness (QED) is 0.729. The number of aliphatic hydroxyl groups is 1. The molecule has 1 aliphatic rings. The molecule has 1 aliphatic carbocycles. The van der Waals surface area contributed by atoms with Gasteiger partial charge in [-0.3, -0.25) is 0 Å². The predicted octanol–water partition coefficient (Wildman–Crippen LogP) is 2.03. The molecular weight excluding hydrogens is 174 g/mol. The number of hydrogen-bond acceptors (Lipinski definition) is 2. The Morgan fingerprint density at radius 2 is 1.93 bits per heavy atom. The molecule has 1 rings (SSSR count). The van der Waals surface area contributed by atoms with Crippen molar-refractivity contribution in [3.8, 4) is 0 Å². The van der Waals surface area contributed by atoms with Gasteiger partial charge in [0, 0.05) is 6.54 Å². The van der Waals surface area contributed by atoms with Crippen molar-refractivity contribution in [2.45, 2.75) is 45.6 Å². The van der Waals surface area contributed by atoms with Gasteiger partial charge in [0.15, 0.2) is 0 Å². The average Bonchev–Trinajstić information content (AvgIpc) is 2.09. The first-order valence-corrected chi connectivity index (χ1v) is 5.84. The second-order valence-electron chi connectivity index (χ2n) is 5.35. The monoisotopic (exact) mass is 199 g/mol. The second-order valence-corrected chi connectivity index (χ2v) is 5.35. The zero-order valence-corrected chi connectivity index (χ0v) is 10.0. The maximum Gasteiger partial charge on any atom is 0.0771 e. The summed E-state index contributed by atoms with van der Waals surface area (Å²) >= 11 is 0. The first kappa shape index (κ1) is 12.0. The summed E-state index contributed by atoms with van der Waals surface area (Å²) in [7, 11) is 1.91. The Bertz CT molecular complexity index is 179. The fourth-order valence-corrected chi connectivity index (χ4v) is 2.61. The highest BCUT2D eigenvalue weighted by Gasteiger charge is 2.36. The summed E-state index contributed by atoms with van der Waals surface area (Å²) in [6.07, 6.45) is 3.63. The smallest absolute Gasteiger partial charge is 0.0771 e. The summed E-state index contributed by atoms with van der Waals surface area (Å²) in [4.78, 5) is 0. The Morgan fingerprint density at radius 1 is 1.29 bits per heavy atom. The van der Waals surface area contributed by atoms with Crippen molar-refractivity contribution in [3.63, 3.8) is 0 Å². The molecule has 1 saturated carbocycles. The largest absolute Gasteiger partial charge is 0.389 e. The molecule has 1 fully saturated rings. The van der Waals surface area contributed by atoms with E-state index in [-0.39, 0.29) is 0 Å². The third-order valence-electron chi connectivity index (χ3n) is 4.01. The van der Waals surface area contributed by atoms with Crippen molar-refractivity contribution in [1.29, 1.82) is 0 Å². The SMILES string of the molecule is CNCC(C)(O)C1CCC(C)C(C)C1. The molecule has 0 aliphatic heterocycles. The van der Waals surface area contributed by atoms with E-state index in [1.54, 1.807) is 0 Å². The summed E-state index contributed by atoms with van der Waals surface area (Å²) in [6, 6.07) is 0. The number of likely N-dealkylation sites (N-methyl/N-ethyl adjacent to an activating group) is 1. The van der Waals surface area contributed by atoms with Gasteiger partial charge in [0.25, 0.3) is 0 Å². The standard InChI is InChI=1S/C12H25NO/c1-9-5-6-11(7-10(9)2)12(3,14)8-13-4/h9-11,13-14H,5-8H2,1-4H3. The summed E-state index contributed by atoms with van der Waals surface area (Å²) in [5.74, 6) is 2.06. The molecule has 0 bridgehead atoms. The van der Waals surface area contributed by atoms with Crippen LogP contribution in [0.1, 0.15) is 40.0 Å². The zero-order valence-electron chi connectivity index (χ0n) is 10.0. The van der Waals surface area contributed by atoms with E-state index in [0.29, 0.717) is 12.5 Å². The van der Waals surface area contributed by atoms with E-state index in [0.717, 1.165) is 11.8 Å². The van der Waals surface area contributed by atoms with Gasteiger partial charge in [0.1, 0.15) is 0 Å². The molecule has 0 amide bonds. The Morgan fingerprint density at radius 3 is 2.43 bits per heavy atom. The predicted molar refractivity (Wildman–Crippen MR) is 60.2 cm³/mol.